The minimum Gasteiger partial charge on any atom is -0.331 e. The molecule has 0 amide bonds. The Morgan fingerprint density at radius 2 is 2.00 bits per heavy atom. The number of anilines is 2. The Kier molecular flexibility index (Phi) is 3.08. The molecular formula is C15H18N2S. The van der Waals surface area contributed by atoms with Crippen LogP contribution in [0.5, 0.6) is 0 Å². The van der Waals surface area contributed by atoms with Crippen LogP contribution in [0.1, 0.15) is 34.5 Å². The van der Waals surface area contributed by atoms with Gasteiger partial charge in [0.1, 0.15) is 0 Å². The summed E-state index contributed by atoms with van der Waals surface area (Å²) in [6.07, 6.45) is 4.97. The second kappa shape index (κ2) is 4.73. The highest BCUT2D eigenvalue weighted by Crippen LogP contribution is 2.32. The number of nitrogens with one attached hydrogen (secondary N) is 1. The molecule has 0 radical (unpaired) electrons. The highest BCUT2D eigenvalue weighted by molar-refractivity contribution is 7.15. The highest BCUT2D eigenvalue weighted by Gasteiger charge is 2.15. The molecule has 2 nitrogen and oxygen atoms in total. The molecule has 0 unspecified atom stereocenters. The minimum absolute atomic E-state index is 1.05. The first-order valence-electron chi connectivity index (χ1n) is 6.55. The van der Waals surface area contributed by atoms with E-state index < -0.39 is 0 Å². The molecule has 0 bridgehead atoms. The zero-order valence-electron chi connectivity index (χ0n) is 10.9. The monoisotopic (exact) mass is 258 g/mol. The van der Waals surface area contributed by atoms with Crippen molar-refractivity contribution < 1.29 is 0 Å². The lowest BCUT2D eigenvalue weighted by atomic mass is 10.0. The predicted octanol–water partition coefficient (Wildman–Crippen LogP) is 4.38. The third-order valence-electron chi connectivity index (χ3n) is 3.47. The molecule has 1 aliphatic rings. The summed E-state index contributed by atoms with van der Waals surface area (Å²) in [5.74, 6) is 0. The molecule has 3 rings (SSSR count). The van der Waals surface area contributed by atoms with E-state index in [1.54, 1.807) is 0 Å². The van der Waals surface area contributed by atoms with Gasteiger partial charge in [-0.3, -0.25) is 0 Å². The summed E-state index contributed by atoms with van der Waals surface area (Å²) in [7, 11) is 0. The van der Waals surface area contributed by atoms with Crippen molar-refractivity contribution >= 4 is 22.2 Å². The van der Waals surface area contributed by atoms with Crippen molar-refractivity contribution in [1.29, 1.82) is 0 Å². The quantitative estimate of drug-likeness (QED) is 0.864. The number of hydrogen-bond acceptors (Lipinski definition) is 3. The minimum atomic E-state index is 1.05. The van der Waals surface area contributed by atoms with E-state index in [1.165, 1.54) is 46.6 Å². The van der Waals surface area contributed by atoms with Gasteiger partial charge in [0.15, 0.2) is 5.13 Å². The van der Waals surface area contributed by atoms with Gasteiger partial charge in [-0.1, -0.05) is 17.7 Å². The van der Waals surface area contributed by atoms with Crippen LogP contribution in [0.25, 0.3) is 0 Å². The topological polar surface area (TPSA) is 24.9 Å². The molecule has 0 saturated carbocycles. The number of aromatic nitrogens is 1. The summed E-state index contributed by atoms with van der Waals surface area (Å²) in [4.78, 5) is 6.20. The number of aryl methyl sites for hydroxylation is 4. The van der Waals surface area contributed by atoms with Gasteiger partial charge in [-0.05, 0) is 51.2 Å². The second-order valence-corrected chi connectivity index (χ2v) is 6.12. The Bertz CT molecular complexity index is 548. The van der Waals surface area contributed by atoms with Crippen LogP contribution in [0, 0.1) is 13.8 Å². The summed E-state index contributed by atoms with van der Waals surface area (Å²) < 4.78 is 0. The fraction of sp³-hybridized carbons (Fsp3) is 0.400. The van der Waals surface area contributed by atoms with Crippen molar-refractivity contribution in [2.24, 2.45) is 0 Å². The lowest BCUT2D eigenvalue weighted by molar-refractivity contribution is 0.683. The summed E-state index contributed by atoms with van der Waals surface area (Å²) >= 11 is 1.82. The van der Waals surface area contributed by atoms with Crippen LogP contribution < -0.4 is 5.32 Å². The van der Waals surface area contributed by atoms with E-state index in [1.807, 2.05) is 11.3 Å². The molecule has 94 valence electrons. The van der Waals surface area contributed by atoms with Gasteiger partial charge in [-0.25, -0.2) is 4.98 Å². The van der Waals surface area contributed by atoms with Crippen molar-refractivity contribution in [3.05, 3.63) is 39.9 Å². The van der Waals surface area contributed by atoms with Gasteiger partial charge in [0.2, 0.25) is 0 Å². The number of benzene rings is 1. The van der Waals surface area contributed by atoms with Crippen molar-refractivity contribution in [2.75, 3.05) is 5.32 Å². The Hall–Kier alpha value is -1.35. The summed E-state index contributed by atoms with van der Waals surface area (Å²) in [6, 6.07) is 6.49. The number of nitrogens with zero attached hydrogens (tertiary/aromatic N) is 1. The summed E-state index contributed by atoms with van der Waals surface area (Å²) in [5.41, 5.74) is 5.07. The molecule has 1 N–H and O–H groups in total. The largest absolute Gasteiger partial charge is 0.331 e. The Labute approximate surface area is 112 Å². The number of thiazole rings is 1. The first kappa shape index (κ1) is 11.7. The van der Waals surface area contributed by atoms with Gasteiger partial charge >= 0.3 is 0 Å². The molecule has 1 aromatic heterocycles. The Morgan fingerprint density at radius 3 is 2.78 bits per heavy atom. The molecule has 1 aliphatic carbocycles. The van der Waals surface area contributed by atoms with E-state index in [0.29, 0.717) is 0 Å². The van der Waals surface area contributed by atoms with Crippen LogP contribution in [0.3, 0.4) is 0 Å². The molecule has 1 heterocycles. The fourth-order valence-electron chi connectivity index (χ4n) is 2.47. The maximum Gasteiger partial charge on any atom is 0.187 e. The van der Waals surface area contributed by atoms with Gasteiger partial charge < -0.3 is 5.32 Å². The Balaban J connectivity index is 1.85. The lowest BCUT2D eigenvalue weighted by Crippen LogP contribution is -1.99. The number of hydrogen-bond donors (Lipinski definition) is 1. The van der Waals surface area contributed by atoms with E-state index in [4.69, 9.17) is 4.98 Å². The first-order chi connectivity index (χ1) is 8.72. The lowest BCUT2D eigenvalue weighted by Gasteiger charge is -2.07. The standard InChI is InChI=1S/C15H18N2S/c1-10-7-8-12(11(2)9-10)16-15-17-13-5-3-4-6-14(13)18-15/h7-9H,3-6H2,1-2H3,(H,16,17). The average Bonchev–Trinajstić information content (AvgIpc) is 2.75. The van der Waals surface area contributed by atoms with Crippen LogP contribution >= 0.6 is 11.3 Å². The third kappa shape index (κ3) is 2.27. The van der Waals surface area contributed by atoms with Gasteiger partial charge in [-0.2, -0.15) is 0 Å². The third-order valence-corrected chi connectivity index (χ3v) is 4.54. The van der Waals surface area contributed by atoms with E-state index in [0.717, 1.165) is 11.6 Å². The first-order valence-corrected chi connectivity index (χ1v) is 7.37. The molecule has 0 saturated heterocycles. The normalized spacial score (nSPS) is 14.3. The highest BCUT2D eigenvalue weighted by atomic mass is 32.1. The molecule has 0 spiro atoms. The molecule has 18 heavy (non-hydrogen) atoms. The molecule has 0 atom stereocenters. The predicted molar refractivity (Wildman–Crippen MR) is 78.0 cm³/mol. The van der Waals surface area contributed by atoms with Crippen molar-refractivity contribution in [3.63, 3.8) is 0 Å². The van der Waals surface area contributed by atoms with Crippen LogP contribution in [0.2, 0.25) is 0 Å². The van der Waals surface area contributed by atoms with E-state index in [2.05, 4.69) is 37.4 Å². The van der Waals surface area contributed by atoms with Crippen molar-refractivity contribution in [1.82, 2.24) is 4.98 Å². The van der Waals surface area contributed by atoms with Gasteiger partial charge in [0.25, 0.3) is 0 Å². The van der Waals surface area contributed by atoms with E-state index in [9.17, 15) is 0 Å². The van der Waals surface area contributed by atoms with Gasteiger partial charge in [0, 0.05) is 10.6 Å². The van der Waals surface area contributed by atoms with Gasteiger partial charge in [0.05, 0.1) is 5.69 Å². The molecule has 2 aromatic rings. The van der Waals surface area contributed by atoms with Crippen LogP contribution in [-0.2, 0) is 12.8 Å². The summed E-state index contributed by atoms with van der Waals surface area (Å²) in [5, 5.41) is 4.51. The molecule has 3 heteroatoms. The Morgan fingerprint density at radius 1 is 1.17 bits per heavy atom. The summed E-state index contributed by atoms with van der Waals surface area (Å²) in [6.45, 7) is 4.27. The number of fused-ring (bicyclic) bond motifs is 1. The number of rotatable bonds is 2. The maximum absolute atomic E-state index is 4.72. The van der Waals surface area contributed by atoms with Crippen molar-refractivity contribution in [2.45, 2.75) is 39.5 Å². The van der Waals surface area contributed by atoms with E-state index >= 15 is 0 Å². The SMILES string of the molecule is Cc1ccc(Nc2nc3c(s2)CCCC3)c(C)c1. The second-order valence-electron chi connectivity index (χ2n) is 5.04. The maximum atomic E-state index is 4.72. The molecule has 1 aromatic carbocycles. The molecule has 0 aliphatic heterocycles. The van der Waals surface area contributed by atoms with Gasteiger partial charge in [-0.15, -0.1) is 11.3 Å². The fourth-order valence-corrected chi connectivity index (χ4v) is 3.54. The van der Waals surface area contributed by atoms with E-state index in [-0.39, 0.29) is 0 Å². The average molecular weight is 258 g/mol. The molecular weight excluding hydrogens is 240 g/mol. The van der Waals surface area contributed by atoms with Crippen molar-refractivity contribution in [3.8, 4) is 0 Å². The van der Waals surface area contributed by atoms with Crippen LogP contribution in [0.15, 0.2) is 18.2 Å². The zero-order chi connectivity index (χ0) is 12.5. The molecule has 0 fully saturated rings. The van der Waals surface area contributed by atoms with Crippen LogP contribution in [0.4, 0.5) is 10.8 Å². The zero-order valence-corrected chi connectivity index (χ0v) is 11.7. The smallest absolute Gasteiger partial charge is 0.187 e. The van der Waals surface area contributed by atoms with Crippen LogP contribution in [-0.4, -0.2) is 4.98 Å².